The Hall–Kier alpha value is -1.54. The number of halogens is 1. The lowest BCUT2D eigenvalue weighted by Crippen LogP contribution is -1.83. The molecule has 96 valence electrons. The van der Waals surface area contributed by atoms with E-state index in [2.05, 4.69) is 54.9 Å². The largest absolute Gasteiger partial charge is 0.456 e. The molecule has 0 radical (unpaired) electrons. The fraction of sp³-hybridized carbons (Fsp3) is 0.176. The second kappa shape index (κ2) is 4.53. The summed E-state index contributed by atoms with van der Waals surface area (Å²) in [7, 11) is 0. The van der Waals surface area contributed by atoms with Gasteiger partial charge in [0.05, 0.1) is 0 Å². The van der Waals surface area contributed by atoms with Crippen LogP contribution in [0.15, 0.2) is 45.3 Å². The van der Waals surface area contributed by atoms with Crippen molar-refractivity contribution in [2.75, 3.05) is 0 Å². The molecule has 0 atom stereocenters. The number of fused-ring (bicyclic) bond motifs is 1. The molecule has 0 aliphatic carbocycles. The minimum Gasteiger partial charge on any atom is -0.456 e. The summed E-state index contributed by atoms with van der Waals surface area (Å²) >= 11 is 3.63. The molecule has 0 aliphatic rings. The van der Waals surface area contributed by atoms with E-state index in [-0.39, 0.29) is 0 Å². The third-order valence-electron chi connectivity index (χ3n) is 3.76. The molecule has 3 aromatic rings. The second-order valence-corrected chi connectivity index (χ2v) is 5.76. The van der Waals surface area contributed by atoms with Gasteiger partial charge in [-0.05, 0) is 38.0 Å². The Kier molecular flexibility index (Phi) is 2.98. The first-order chi connectivity index (χ1) is 9.09. The Bertz CT molecular complexity index is 754. The first-order valence-electron chi connectivity index (χ1n) is 6.34. The zero-order valence-electron chi connectivity index (χ0n) is 11.3. The first-order valence-corrected chi connectivity index (χ1v) is 7.13. The molecule has 0 aliphatic heterocycles. The van der Waals surface area contributed by atoms with E-state index in [1.165, 1.54) is 22.1 Å². The average Bonchev–Trinajstić information content (AvgIpc) is 2.75. The molecule has 1 heterocycles. The van der Waals surface area contributed by atoms with Crippen molar-refractivity contribution >= 4 is 26.9 Å². The van der Waals surface area contributed by atoms with Crippen LogP contribution in [0.5, 0.6) is 0 Å². The van der Waals surface area contributed by atoms with Gasteiger partial charge >= 0.3 is 0 Å². The third-order valence-corrected chi connectivity index (χ3v) is 4.59. The molecule has 0 bridgehead atoms. The monoisotopic (exact) mass is 314 g/mol. The highest BCUT2D eigenvalue weighted by Gasteiger charge is 2.16. The Morgan fingerprint density at radius 3 is 2.26 bits per heavy atom. The van der Waals surface area contributed by atoms with E-state index >= 15 is 0 Å². The van der Waals surface area contributed by atoms with Crippen molar-refractivity contribution in [1.82, 2.24) is 0 Å². The van der Waals surface area contributed by atoms with Crippen LogP contribution in [0.4, 0.5) is 0 Å². The topological polar surface area (TPSA) is 13.1 Å². The van der Waals surface area contributed by atoms with Gasteiger partial charge in [0.15, 0.2) is 0 Å². The number of furan rings is 1. The van der Waals surface area contributed by atoms with Crippen LogP contribution in [0, 0.1) is 20.8 Å². The molecule has 1 nitrogen and oxygen atoms in total. The standard InChI is InChI=1S/C17H15BrO/c1-10-11(2)17-14(9-15(10)18)12(3)16(19-17)13-7-5-4-6-8-13/h4-9H,1-3H3. The van der Waals surface area contributed by atoms with Crippen LogP contribution >= 0.6 is 15.9 Å². The summed E-state index contributed by atoms with van der Waals surface area (Å²) in [5, 5.41) is 1.19. The van der Waals surface area contributed by atoms with Crippen molar-refractivity contribution in [2.45, 2.75) is 20.8 Å². The molecule has 1 aromatic heterocycles. The molecular formula is C17H15BrO. The Labute approximate surface area is 121 Å². The van der Waals surface area contributed by atoms with Crippen LogP contribution in [0.3, 0.4) is 0 Å². The van der Waals surface area contributed by atoms with E-state index in [1.807, 2.05) is 18.2 Å². The average molecular weight is 315 g/mol. The van der Waals surface area contributed by atoms with Crippen LogP contribution in [0.25, 0.3) is 22.3 Å². The Morgan fingerprint density at radius 2 is 1.58 bits per heavy atom. The number of rotatable bonds is 1. The van der Waals surface area contributed by atoms with Gasteiger partial charge in [0, 0.05) is 21.0 Å². The Morgan fingerprint density at radius 1 is 0.895 bits per heavy atom. The molecule has 0 saturated heterocycles. The molecule has 0 amide bonds. The summed E-state index contributed by atoms with van der Waals surface area (Å²) in [6, 6.07) is 12.4. The smallest absolute Gasteiger partial charge is 0.138 e. The zero-order valence-corrected chi connectivity index (χ0v) is 12.8. The highest BCUT2D eigenvalue weighted by Crippen LogP contribution is 2.37. The van der Waals surface area contributed by atoms with Gasteiger partial charge in [0.1, 0.15) is 11.3 Å². The van der Waals surface area contributed by atoms with E-state index in [9.17, 15) is 0 Å². The van der Waals surface area contributed by atoms with Gasteiger partial charge < -0.3 is 4.42 Å². The summed E-state index contributed by atoms with van der Waals surface area (Å²) in [5.41, 5.74) is 5.77. The van der Waals surface area contributed by atoms with E-state index < -0.39 is 0 Å². The van der Waals surface area contributed by atoms with Gasteiger partial charge in [-0.3, -0.25) is 0 Å². The minimum atomic E-state index is 0.969. The van der Waals surface area contributed by atoms with Crippen molar-refractivity contribution in [3.05, 3.63) is 57.6 Å². The quantitative estimate of drug-likeness (QED) is 0.554. The highest BCUT2D eigenvalue weighted by molar-refractivity contribution is 9.10. The fourth-order valence-electron chi connectivity index (χ4n) is 2.43. The minimum absolute atomic E-state index is 0.969. The van der Waals surface area contributed by atoms with E-state index in [1.54, 1.807) is 0 Å². The highest BCUT2D eigenvalue weighted by atomic mass is 79.9. The van der Waals surface area contributed by atoms with E-state index in [0.717, 1.165) is 21.4 Å². The van der Waals surface area contributed by atoms with Crippen LogP contribution in [0.2, 0.25) is 0 Å². The maximum absolute atomic E-state index is 6.13. The lowest BCUT2D eigenvalue weighted by molar-refractivity contribution is 0.626. The van der Waals surface area contributed by atoms with Crippen molar-refractivity contribution in [2.24, 2.45) is 0 Å². The fourth-order valence-corrected chi connectivity index (χ4v) is 2.95. The van der Waals surface area contributed by atoms with Gasteiger partial charge in [-0.1, -0.05) is 46.3 Å². The number of aryl methyl sites for hydroxylation is 2. The van der Waals surface area contributed by atoms with Crippen LogP contribution in [-0.2, 0) is 0 Å². The molecule has 19 heavy (non-hydrogen) atoms. The van der Waals surface area contributed by atoms with Crippen molar-refractivity contribution in [1.29, 1.82) is 0 Å². The lowest BCUT2D eigenvalue weighted by Gasteiger charge is -2.03. The maximum atomic E-state index is 6.13. The number of hydrogen-bond donors (Lipinski definition) is 0. The summed E-state index contributed by atoms with van der Waals surface area (Å²) in [6.07, 6.45) is 0. The maximum Gasteiger partial charge on any atom is 0.138 e. The lowest BCUT2D eigenvalue weighted by atomic mass is 10.0. The van der Waals surface area contributed by atoms with Crippen LogP contribution in [0.1, 0.15) is 16.7 Å². The second-order valence-electron chi connectivity index (χ2n) is 4.91. The van der Waals surface area contributed by atoms with E-state index in [4.69, 9.17) is 4.42 Å². The predicted molar refractivity (Wildman–Crippen MR) is 83.6 cm³/mol. The van der Waals surface area contributed by atoms with E-state index in [0.29, 0.717) is 0 Å². The third kappa shape index (κ3) is 1.91. The molecule has 0 saturated carbocycles. The zero-order chi connectivity index (χ0) is 13.6. The molecule has 2 heteroatoms. The Balaban J connectivity index is 2.36. The normalized spacial score (nSPS) is 11.2. The van der Waals surface area contributed by atoms with Gasteiger partial charge in [0.25, 0.3) is 0 Å². The number of benzene rings is 2. The summed E-state index contributed by atoms with van der Waals surface area (Å²) in [5.74, 6) is 0.969. The molecule has 0 fully saturated rings. The molecule has 3 rings (SSSR count). The molecular weight excluding hydrogens is 300 g/mol. The first kappa shape index (κ1) is 12.5. The van der Waals surface area contributed by atoms with Gasteiger partial charge in [-0.2, -0.15) is 0 Å². The summed E-state index contributed by atoms with van der Waals surface area (Å²) in [4.78, 5) is 0. The number of hydrogen-bond acceptors (Lipinski definition) is 1. The summed E-state index contributed by atoms with van der Waals surface area (Å²) in [6.45, 7) is 6.34. The summed E-state index contributed by atoms with van der Waals surface area (Å²) < 4.78 is 7.27. The van der Waals surface area contributed by atoms with Gasteiger partial charge in [-0.25, -0.2) is 0 Å². The van der Waals surface area contributed by atoms with Gasteiger partial charge in [-0.15, -0.1) is 0 Å². The van der Waals surface area contributed by atoms with Crippen molar-refractivity contribution in [3.63, 3.8) is 0 Å². The molecule has 0 unspecified atom stereocenters. The molecule has 2 aromatic carbocycles. The molecule has 0 spiro atoms. The SMILES string of the molecule is Cc1c(Br)cc2c(C)c(-c3ccccc3)oc2c1C. The van der Waals surface area contributed by atoms with Crippen LogP contribution in [-0.4, -0.2) is 0 Å². The van der Waals surface area contributed by atoms with Crippen molar-refractivity contribution < 1.29 is 4.42 Å². The van der Waals surface area contributed by atoms with Crippen LogP contribution < -0.4 is 0 Å². The van der Waals surface area contributed by atoms with Crippen molar-refractivity contribution in [3.8, 4) is 11.3 Å². The molecule has 0 N–H and O–H groups in total. The van der Waals surface area contributed by atoms with Gasteiger partial charge in [0.2, 0.25) is 0 Å². The predicted octanol–water partition coefficient (Wildman–Crippen LogP) is 5.79.